The topological polar surface area (TPSA) is 202 Å². The molecular formula is C17H30N6O6. The number of ether oxygens (including phenoxy) is 4. The molecule has 0 amide bonds. The molecule has 0 bridgehead atoms. The molecule has 12 heteroatoms. The summed E-state index contributed by atoms with van der Waals surface area (Å²) < 4.78 is 22.5. The fourth-order valence-corrected chi connectivity index (χ4v) is 2.09. The highest BCUT2D eigenvalue weighted by Gasteiger charge is 2.32. The van der Waals surface area contributed by atoms with Gasteiger partial charge >= 0.3 is 0 Å². The Bertz CT molecular complexity index is 522. The fraction of sp³-hybridized carbons (Fsp3) is 0.765. The molecule has 0 saturated heterocycles. The SMILES string of the molecule is N#CCCOCC(COCCC#N)(COCC/C(N)=N\O)COCC/C(N)=N\O. The van der Waals surface area contributed by atoms with Crippen LogP contribution < -0.4 is 11.5 Å². The molecule has 0 rings (SSSR count). The molecule has 29 heavy (non-hydrogen) atoms. The predicted molar refractivity (Wildman–Crippen MR) is 102 cm³/mol. The minimum atomic E-state index is -0.721. The molecule has 0 spiro atoms. The Hall–Kier alpha value is -2.64. The van der Waals surface area contributed by atoms with Crippen molar-refractivity contribution in [3.05, 3.63) is 0 Å². The normalized spacial score (nSPS) is 12.5. The largest absolute Gasteiger partial charge is 0.409 e. The second-order valence-electron chi connectivity index (χ2n) is 6.21. The summed E-state index contributed by atoms with van der Waals surface area (Å²) in [5.74, 6) is 0.0855. The average molecular weight is 414 g/mol. The lowest BCUT2D eigenvalue weighted by molar-refractivity contribution is -0.104. The molecule has 0 aliphatic rings. The van der Waals surface area contributed by atoms with E-state index in [-0.39, 0.29) is 90.2 Å². The van der Waals surface area contributed by atoms with Crippen molar-refractivity contribution in [3.8, 4) is 12.1 Å². The van der Waals surface area contributed by atoms with Crippen LogP contribution in [0.5, 0.6) is 0 Å². The van der Waals surface area contributed by atoms with Gasteiger partial charge in [-0.15, -0.1) is 0 Å². The zero-order chi connectivity index (χ0) is 21.8. The van der Waals surface area contributed by atoms with Gasteiger partial charge in [-0.25, -0.2) is 0 Å². The maximum absolute atomic E-state index is 8.67. The van der Waals surface area contributed by atoms with Crippen LogP contribution in [-0.4, -0.2) is 74.9 Å². The molecule has 0 aromatic heterocycles. The molecule has 0 saturated carbocycles. The van der Waals surface area contributed by atoms with Gasteiger partial charge in [0.1, 0.15) is 11.7 Å². The first-order chi connectivity index (χ1) is 14.0. The molecule has 12 nitrogen and oxygen atoms in total. The standard InChI is InChI=1S/C17H30N6O6/c18-5-1-7-26-11-17(12-27-8-2-6-19,13-28-9-3-15(20)22-24)14-29-10-4-16(21)23-25/h24-25H,1-4,7-14H2,(H2,20,22)(H2,21,23). The minimum Gasteiger partial charge on any atom is -0.409 e. The summed E-state index contributed by atoms with van der Waals surface area (Å²) in [4.78, 5) is 0. The second-order valence-corrected chi connectivity index (χ2v) is 6.21. The van der Waals surface area contributed by atoms with Crippen molar-refractivity contribution < 1.29 is 29.4 Å². The summed E-state index contributed by atoms with van der Waals surface area (Å²) in [6.45, 7) is 1.62. The second kappa shape index (κ2) is 17.5. The van der Waals surface area contributed by atoms with Crippen molar-refractivity contribution >= 4 is 11.7 Å². The first kappa shape index (κ1) is 26.4. The summed E-state index contributed by atoms with van der Waals surface area (Å²) in [6, 6.07) is 4.00. The molecule has 0 aliphatic heterocycles. The van der Waals surface area contributed by atoms with E-state index in [2.05, 4.69) is 10.3 Å². The third-order valence-corrected chi connectivity index (χ3v) is 3.61. The minimum absolute atomic E-state index is 0.0427. The maximum Gasteiger partial charge on any atom is 0.141 e. The summed E-state index contributed by atoms with van der Waals surface area (Å²) in [5, 5.41) is 40.3. The van der Waals surface area contributed by atoms with Crippen molar-refractivity contribution in [3.63, 3.8) is 0 Å². The van der Waals surface area contributed by atoms with Crippen molar-refractivity contribution in [2.24, 2.45) is 27.2 Å². The first-order valence-electron chi connectivity index (χ1n) is 9.01. The maximum atomic E-state index is 8.67. The van der Waals surface area contributed by atoms with Gasteiger partial charge in [-0.05, 0) is 0 Å². The average Bonchev–Trinajstić information content (AvgIpc) is 2.74. The van der Waals surface area contributed by atoms with E-state index in [0.717, 1.165) is 0 Å². The van der Waals surface area contributed by atoms with Crippen LogP contribution in [0.2, 0.25) is 0 Å². The van der Waals surface area contributed by atoms with E-state index in [1.54, 1.807) is 0 Å². The Morgan fingerprint density at radius 2 is 1.07 bits per heavy atom. The van der Waals surface area contributed by atoms with Crippen molar-refractivity contribution in [2.45, 2.75) is 25.7 Å². The van der Waals surface area contributed by atoms with Gasteiger partial charge in [0, 0.05) is 12.8 Å². The third kappa shape index (κ3) is 14.1. The molecule has 0 fully saturated rings. The van der Waals surface area contributed by atoms with Gasteiger partial charge in [-0.1, -0.05) is 10.3 Å². The van der Waals surface area contributed by atoms with E-state index in [9.17, 15) is 0 Å². The van der Waals surface area contributed by atoms with Gasteiger partial charge in [-0.3, -0.25) is 0 Å². The molecule has 0 atom stereocenters. The smallest absolute Gasteiger partial charge is 0.141 e. The Kier molecular flexibility index (Phi) is 15.9. The summed E-state index contributed by atoms with van der Waals surface area (Å²) in [7, 11) is 0. The Balaban J connectivity index is 4.94. The first-order valence-corrected chi connectivity index (χ1v) is 9.01. The Labute approximate surface area is 170 Å². The van der Waals surface area contributed by atoms with Gasteiger partial charge in [-0.2, -0.15) is 10.5 Å². The highest BCUT2D eigenvalue weighted by Crippen LogP contribution is 2.21. The van der Waals surface area contributed by atoms with Crippen LogP contribution in [0.1, 0.15) is 25.7 Å². The Morgan fingerprint density at radius 1 is 0.724 bits per heavy atom. The number of nitrogens with two attached hydrogens (primary N) is 2. The summed E-state index contributed by atoms with van der Waals surface area (Å²) in [5.41, 5.74) is 10.1. The van der Waals surface area contributed by atoms with Crippen LogP contribution in [0.25, 0.3) is 0 Å². The van der Waals surface area contributed by atoms with Crippen LogP contribution in [0, 0.1) is 28.1 Å². The highest BCUT2D eigenvalue weighted by molar-refractivity contribution is 5.79. The molecule has 0 heterocycles. The molecule has 0 aromatic carbocycles. The van der Waals surface area contributed by atoms with E-state index in [1.165, 1.54) is 0 Å². The van der Waals surface area contributed by atoms with Crippen molar-refractivity contribution in [1.82, 2.24) is 0 Å². The van der Waals surface area contributed by atoms with E-state index in [4.69, 9.17) is 51.4 Å². The van der Waals surface area contributed by atoms with Crippen LogP contribution in [-0.2, 0) is 18.9 Å². The number of nitrogens with zero attached hydrogens (tertiary/aromatic N) is 4. The monoisotopic (exact) mass is 414 g/mol. The van der Waals surface area contributed by atoms with Gasteiger partial charge in [0.05, 0.1) is 83.3 Å². The molecule has 164 valence electrons. The van der Waals surface area contributed by atoms with Crippen LogP contribution >= 0.6 is 0 Å². The lowest BCUT2D eigenvalue weighted by atomic mass is 9.92. The zero-order valence-corrected chi connectivity index (χ0v) is 16.5. The number of amidine groups is 2. The molecule has 0 unspecified atom stereocenters. The lowest BCUT2D eigenvalue weighted by Crippen LogP contribution is -2.42. The van der Waals surface area contributed by atoms with Gasteiger partial charge in [0.25, 0.3) is 0 Å². The fourth-order valence-electron chi connectivity index (χ4n) is 2.09. The predicted octanol–water partition coefficient (Wildman–Crippen LogP) is 0.140. The molecule has 6 N–H and O–H groups in total. The van der Waals surface area contributed by atoms with Crippen molar-refractivity contribution in [2.75, 3.05) is 52.9 Å². The van der Waals surface area contributed by atoms with Crippen LogP contribution in [0.4, 0.5) is 0 Å². The van der Waals surface area contributed by atoms with Crippen LogP contribution in [0.3, 0.4) is 0 Å². The summed E-state index contributed by atoms with van der Waals surface area (Å²) in [6.07, 6.45) is 0.948. The number of hydrogen-bond donors (Lipinski definition) is 4. The lowest BCUT2D eigenvalue weighted by Gasteiger charge is -2.33. The van der Waals surface area contributed by atoms with Crippen molar-refractivity contribution in [1.29, 1.82) is 10.5 Å². The summed E-state index contributed by atoms with van der Waals surface area (Å²) >= 11 is 0. The van der Waals surface area contributed by atoms with Gasteiger partial charge in [0.15, 0.2) is 0 Å². The third-order valence-electron chi connectivity index (χ3n) is 3.61. The van der Waals surface area contributed by atoms with E-state index < -0.39 is 5.41 Å². The molecule has 0 aliphatic carbocycles. The molecule has 0 aromatic rings. The zero-order valence-electron chi connectivity index (χ0n) is 16.5. The number of hydrogen-bond acceptors (Lipinski definition) is 10. The van der Waals surface area contributed by atoms with E-state index in [1.807, 2.05) is 12.1 Å². The molecular weight excluding hydrogens is 384 g/mol. The van der Waals surface area contributed by atoms with E-state index in [0.29, 0.717) is 0 Å². The van der Waals surface area contributed by atoms with Crippen LogP contribution in [0.15, 0.2) is 10.3 Å². The quantitative estimate of drug-likeness (QED) is 0.0785. The number of nitriles is 2. The Morgan fingerprint density at radius 3 is 1.38 bits per heavy atom. The van der Waals surface area contributed by atoms with Gasteiger partial charge < -0.3 is 40.8 Å². The molecule has 0 radical (unpaired) electrons. The van der Waals surface area contributed by atoms with E-state index >= 15 is 0 Å². The number of rotatable bonds is 18. The highest BCUT2D eigenvalue weighted by atomic mass is 16.5. The number of oxime groups is 2. The van der Waals surface area contributed by atoms with Gasteiger partial charge in [0.2, 0.25) is 0 Å².